The molecule has 1 aromatic carbocycles. The molecule has 1 heterocycles. The minimum Gasteiger partial charge on any atom is -0.423 e. The van der Waals surface area contributed by atoms with Gasteiger partial charge in [-0.3, -0.25) is 0 Å². The highest BCUT2D eigenvalue weighted by molar-refractivity contribution is 6.59. The molecule has 0 saturated carbocycles. The van der Waals surface area contributed by atoms with E-state index in [-0.39, 0.29) is 0 Å². The predicted octanol–water partition coefficient (Wildman–Crippen LogP) is -0.139. The number of rotatable bonds is 2. The van der Waals surface area contributed by atoms with Gasteiger partial charge in [0.25, 0.3) is 0 Å². The lowest BCUT2D eigenvalue weighted by atomic mass is 9.81. The zero-order chi connectivity index (χ0) is 10.8. The molecular weight excluding hydrogens is 191 g/mol. The first-order valence-corrected chi connectivity index (χ1v) is 4.66. The van der Waals surface area contributed by atoms with Gasteiger partial charge in [-0.25, -0.2) is 4.68 Å². The van der Waals surface area contributed by atoms with Crippen LogP contribution in [0.2, 0.25) is 0 Å². The van der Waals surface area contributed by atoms with Gasteiger partial charge >= 0.3 is 7.12 Å². The molecule has 15 heavy (non-hydrogen) atoms. The summed E-state index contributed by atoms with van der Waals surface area (Å²) in [5.74, 6) is 0. The fourth-order valence-corrected chi connectivity index (χ4v) is 1.44. The molecular formula is C10H11BN2O2. The van der Waals surface area contributed by atoms with E-state index in [1.54, 1.807) is 17.8 Å². The van der Waals surface area contributed by atoms with Crippen LogP contribution in [0.4, 0.5) is 0 Å². The number of hydrogen-bond acceptors (Lipinski definition) is 3. The van der Waals surface area contributed by atoms with Gasteiger partial charge in [-0.15, -0.1) is 0 Å². The third-order valence-electron chi connectivity index (χ3n) is 2.24. The highest BCUT2D eigenvalue weighted by atomic mass is 16.4. The summed E-state index contributed by atoms with van der Waals surface area (Å²) in [7, 11) is -1.47. The van der Waals surface area contributed by atoms with Crippen LogP contribution in [0.15, 0.2) is 36.5 Å². The summed E-state index contributed by atoms with van der Waals surface area (Å²) in [6.45, 7) is 1.74. The Hall–Kier alpha value is -1.59. The molecule has 0 saturated heterocycles. The zero-order valence-electron chi connectivity index (χ0n) is 8.33. The third-order valence-corrected chi connectivity index (χ3v) is 2.24. The van der Waals surface area contributed by atoms with Crippen LogP contribution >= 0.6 is 0 Å². The van der Waals surface area contributed by atoms with Crippen molar-refractivity contribution < 1.29 is 10.0 Å². The largest absolute Gasteiger partial charge is 0.491 e. The maximum Gasteiger partial charge on any atom is 0.491 e. The van der Waals surface area contributed by atoms with Crippen molar-refractivity contribution in [2.24, 2.45) is 0 Å². The normalized spacial score (nSPS) is 10.3. The van der Waals surface area contributed by atoms with Gasteiger partial charge in [0.1, 0.15) is 0 Å². The molecule has 2 rings (SSSR count). The van der Waals surface area contributed by atoms with Gasteiger partial charge in [0, 0.05) is 11.7 Å². The minimum atomic E-state index is -1.47. The summed E-state index contributed by atoms with van der Waals surface area (Å²) in [5.41, 5.74) is 1.94. The topological polar surface area (TPSA) is 58.3 Å². The Kier molecular flexibility index (Phi) is 2.57. The standard InChI is InChI=1S/C10H11BN2O2/c1-8-10(11(14)15)7-13(12-8)9-5-3-2-4-6-9/h2-7,14-15H,1H3. The van der Waals surface area contributed by atoms with E-state index in [0.29, 0.717) is 11.2 Å². The lowest BCUT2D eigenvalue weighted by Crippen LogP contribution is -2.30. The van der Waals surface area contributed by atoms with Gasteiger partial charge in [-0.05, 0) is 19.1 Å². The van der Waals surface area contributed by atoms with Crippen LogP contribution < -0.4 is 5.46 Å². The number of aromatic nitrogens is 2. The van der Waals surface area contributed by atoms with E-state index in [4.69, 9.17) is 10.0 Å². The third kappa shape index (κ3) is 1.93. The lowest BCUT2D eigenvalue weighted by molar-refractivity contribution is 0.425. The van der Waals surface area contributed by atoms with Crippen LogP contribution in [0.3, 0.4) is 0 Å². The van der Waals surface area contributed by atoms with Gasteiger partial charge in [-0.1, -0.05) is 18.2 Å². The molecule has 0 amide bonds. The molecule has 0 aliphatic rings. The van der Waals surface area contributed by atoms with E-state index in [2.05, 4.69) is 5.10 Å². The maximum absolute atomic E-state index is 9.07. The number of hydrogen-bond donors (Lipinski definition) is 2. The van der Waals surface area contributed by atoms with Crippen molar-refractivity contribution in [1.82, 2.24) is 9.78 Å². The average molecular weight is 202 g/mol. The Bertz CT molecular complexity index is 454. The molecule has 0 fully saturated rings. The molecule has 0 aliphatic carbocycles. The summed E-state index contributed by atoms with van der Waals surface area (Å²) < 4.78 is 1.63. The second-order valence-corrected chi connectivity index (χ2v) is 3.32. The van der Waals surface area contributed by atoms with Gasteiger partial charge < -0.3 is 10.0 Å². The number of aryl methyl sites for hydroxylation is 1. The van der Waals surface area contributed by atoms with Crippen LogP contribution in [-0.2, 0) is 0 Å². The van der Waals surface area contributed by atoms with Gasteiger partial charge in [0.2, 0.25) is 0 Å². The Labute approximate surface area is 87.9 Å². The maximum atomic E-state index is 9.07. The lowest BCUT2D eigenvalue weighted by Gasteiger charge is -1.98. The summed E-state index contributed by atoms with van der Waals surface area (Å²) >= 11 is 0. The van der Waals surface area contributed by atoms with E-state index < -0.39 is 7.12 Å². The zero-order valence-corrected chi connectivity index (χ0v) is 8.33. The Morgan fingerprint density at radius 2 is 1.87 bits per heavy atom. The summed E-state index contributed by atoms with van der Waals surface area (Å²) in [6, 6.07) is 9.53. The Morgan fingerprint density at radius 3 is 2.40 bits per heavy atom. The van der Waals surface area contributed by atoms with Crippen LogP contribution in [0.25, 0.3) is 5.69 Å². The van der Waals surface area contributed by atoms with Crippen molar-refractivity contribution in [1.29, 1.82) is 0 Å². The highest BCUT2D eigenvalue weighted by Gasteiger charge is 2.17. The van der Waals surface area contributed by atoms with E-state index >= 15 is 0 Å². The molecule has 0 spiro atoms. The molecule has 1 aromatic heterocycles. The van der Waals surface area contributed by atoms with Crippen molar-refractivity contribution in [2.75, 3.05) is 0 Å². The van der Waals surface area contributed by atoms with Gasteiger partial charge in [-0.2, -0.15) is 5.10 Å². The fourth-order valence-electron chi connectivity index (χ4n) is 1.44. The van der Waals surface area contributed by atoms with Gasteiger partial charge in [0.15, 0.2) is 0 Å². The summed E-state index contributed by atoms with van der Waals surface area (Å²) in [4.78, 5) is 0. The number of benzene rings is 1. The molecule has 0 unspecified atom stereocenters. The first kappa shape index (κ1) is 9.95. The van der Waals surface area contributed by atoms with Crippen molar-refractivity contribution in [3.05, 3.63) is 42.2 Å². The Balaban J connectivity index is 2.43. The molecule has 4 nitrogen and oxygen atoms in total. The molecule has 5 heteroatoms. The monoisotopic (exact) mass is 202 g/mol. The van der Waals surface area contributed by atoms with Crippen LogP contribution in [0, 0.1) is 6.92 Å². The van der Waals surface area contributed by atoms with Gasteiger partial charge in [0.05, 0.1) is 11.4 Å². The minimum absolute atomic E-state index is 0.429. The molecule has 0 radical (unpaired) electrons. The smallest absolute Gasteiger partial charge is 0.423 e. The summed E-state index contributed by atoms with van der Waals surface area (Å²) in [6.07, 6.45) is 1.62. The fraction of sp³-hybridized carbons (Fsp3) is 0.100. The Morgan fingerprint density at radius 1 is 1.20 bits per heavy atom. The van der Waals surface area contributed by atoms with Crippen LogP contribution in [-0.4, -0.2) is 26.9 Å². The molecule has 0 aliphatic heterocycles. The van der Waals surface area contributed by atoms with E-state index in [1.165, 1.54) is 0 Å². The molecule has 2 aromatic rings. The summed E-state index contributed by atoms with van der Waals surface area (Å²) in [5, 5.41) is 22.3. The van der Waals surface area contributed by atoms with E-state index in [0.717, 1.165) is 5.69 Å². The van der Waals surface area contributed by atoms with Crippen molar-refractivity contribution in [3.63, 3.8) is 0 Å². The number of nitrogens with zero attached hydrogens (tertiary/aromatic N) is 2. The number of para-hydroxylation sites is 1. The van der Waals surface area contributed by atoms with E-state index in [1.807, 2.05) is 30.3 Å². The molecule has 2 N–H and O–H groups in total. The first-order chi connectivity index (χ1) is 7.18. The van der Waals surface area contributed by atoms with Crippen LogP contribution in [0.1, 0.15) is 5.69 Å². The van der Waals surface area contributed by atoms with Crippen molar-refractivity contribution in [3.8, 4) is 5.69 Å². The highest BCUT2D eigenvalue weighted by Crippen LogP contribution is 2.05. The second kappa shape index (κ2) is 3.88. The average Bonchev–Trinajstić information content (AvgIpc) is 2.62. The predicted molar refractivity (Wildman–Crippen MR) is 58.1 cm³/mol. The molecule has 76 valence electrons. The van der Waals surface area contributed by atoms with Crippen LogP contribution in [0.5, 0.6) is 0 Å². The quantitative estimate of drug-likeness (QED) is 0.666. The van der Waals surface area contributed by atoms with Crippen molar-refractivity contribution >= 4 is 12.6 Å². The van der Waals surface area contributed by atoms with E-state index in [9.17, 15) is 0 Å². The SMILES string of the molecule is Cc1nn(-c2ccccc2)cc1B(O)O. The second-order valence-electron chi connectivity index (χ2n) is 3.32. The molecule has 0 bridgehead atoms. The van der Waals surface area contributed by atoms with Crippen molar-refractivity contribution in [2.45, 2.75) is 6.92 Å². The first-order valence-electron chi connectivity index (χ1n) is 4.66. The molecule has 0 atom stereocenters.